The molecule has 3 rings (SSSR count). The Morgan fingerprint density at radius 2 is 2.52 bits per heavy atom. The van der Waals surface area contributed by atoms with E-state index in [0.717, 1.165) is 33.7 Å². The summed E-state index contributed by atoms with van der Waals surface area (Å²) in [4.78, 5) is 16.4. The summed E-state index contributed by atoms with van der Waals surface area (Å²) in [6.45, 7) is 1.33. The molecule has 1 amide bonds. The van der Waals surface area contributed by atoms with E-state index in [-0.39, 0.29) is 11.9 Å². The molecule has 21 heavy (non-hydrogen) atoms. The van der Waals surface area contributed by atoms with Crippen LogP contribution in [0, 0.1) is 0 Å². The number of methoxy groups -OCH3 is 1. The number of amides is 1. The van der Waals surface area contributed by atoms with Gasteiger partial charge in [0.1, 0.15) is 22.5 Å². The monoisotopic (exact) mass is 324 g/mol. The zero-order chi connectivity index (χ0) is 14.7. The van der Waals surface area contributed by atoms with Gasteiger partial charge in [-0.25, -0.2) is 0 Å². The van der Waals surface area contributed by atoms with Gasteiger partial charge in [0.05, 0.1) is 25.4 Å². The number of thioether (sulfide) groups is 2. The van der Waals surface area contributed by atoms with Gasteiger partial charge in [-0.2, -0.15) is 0 Å². The number of benzene rings is 1. The Balaban J connectivity index is 1.58. The molecule has 1 atom stereocenters. The summed E-state index contributed by atoms with van der Waals surface area (Å²) >= 11 is 3.21. The molecule has 5 nitrogen and oxygen atoms in total. The number of carbonyl (C=O) groups is 1. The van der Waals surface area contributed by atoms with Crippen LogP contribution in [0.4, 0.5) is 0 Å². The van der Waals surface area contributed by atoms with Crippen LogP contribution in [0.25, 0.3) is 0 Å². The fourth-order valence-electron chi connectivity index (χ4n) is 2.21. The van der Waals surface area contributed by atoms with Crippen LogP contribution >= 0.6 is 23.5 Å². The highest BCUT2D eigenvalue weighted by Crippen LogP contribution is 2.35. The van der Waals surface area contributed by atoms with Crippen molar-refractivity contribution in [2.75, 3.05) is 31.8 Å². The van der Waals surface area contributed by atoms with Crippen LogP contribution in [0.3, 0.4) is 0 Å². The molecular formula is C14H16N2O3S2. The van der Waals surface area contributed by atoms with Crippen LogP contribution in [-0.2, 0) is 4.79 Å². The Labute approximate surface area is 131 Å². The van der Waals surface area contributed by atoms with Gasteiger partial charge in [-0.3, -0.25) is 9.79 Å². The number of nitrogens with one attached hydrogen (secondary N) is 1. The number of fused-ring (bicyclic) bond motifs is 1. The van der Waals surface area contributed by atoms with E-state index in [1.54, 1.807) is 18.9 Å². The third-order valence-corrected chi connectivity index (χ3v) is 5.47. The van der Waals surface area contributed by atoms with Gasteiger partial charge in [-0.1, -0.05) is 23.5 Å². The maximum Gasteiger partial charge on any atom is 0.231 e. The molecule has 0 fully saturated rings. The predicted molar refractivity (Wildman–Crippen MR) is 86.6 cm³/mol. The van der Waals surface area contributed by atoms with E-state index < -0.39 is 0 Å². The molecule has 112 valence electrons. The average Bonchev–Trinajstić information content (AvgIpc) is 3.15. The Bertz CT molecular complexity index is 577. The number of nitrogens with zero attached hydrogens (tertiary/aromatic N) is 1. The molecule has 0 radical (unpaired) electrons. The number of hydrogen-bond donors (Lipinski definition) is 1. The third-order valence-electron chi connectivity index (χ3n) is 3.22. The normalized spacial score (nSPS) is 19.7. The number of aliphatic imine (C=N–C) groups is 1. The second-order valence-corrected chi connectivity index (χ2v) is 6.93. The molecule has 2 aliphatic rings. The Kier molecular flexibility index (Phi) is 4.60. The summed E-state index contributed by atoms with van der Waals surface area (Å²) in [7, 11) is 1.63. The average molecular weight is 324 g/mol. The SMILES string of the molecule is COc1ccc2c(c1)[C@@H](NC(=O)CSC1=NCCS1)CO2. The molecule has 0 bridgehead atoms. The van der Waals surface area contributed by atoms with Gasteiger partial charge in [0.25, 0.3) is 0 Å². The molecule has 0 unspecified atom stereocenters. The fourth-order valence-corrected chi connectivity index (χ4v) is 4.03. The van der Waals surface area contributed by atoms with E-state index >= 15 is 0 Å². The van der Waals surface area contributed by atoms with Gasteiger partial charge in [0.15, 0.2) is 0 Å². The summed E-state index contributed by atoms with van der Waals surface area (Å²) < 4.78 is 11.8. The van der Waals surface area contributed by atoms with E-state index in [0.29, 0.717) is 12.4 Å². The van der Waals surface area contributed by atoms with E-state index in [4.69, 9.17) is 9.47 Å². The molecule has 0 saturated heterocycles. The summed E-state index contributed by atoms with van der Waals surface area (Å²) in [6.07, 6.45) is 0. The number of ether oxygens (including phenoxy) is 2. The minimum atomic E-state index is -0.110. The first kappa shape index (κ1) is 14.6. The highest BCUT2D eigenvalue weighted by Gasteiger charge is 2.26. The van der Waals surface area contributed by atoms with Crippen molar-refractivity contribution in [1.29, 1.82) is 0 Å². The third kappa shape index (κ3) is 3.47. The minimum absolute atomic E-state index is 0.000491. The lowest BCUT2D eigenvalue weighted by Gasteiger charge is -2.12. The van der Waals surface area contributed by atoms with Gasteiger partial charge in [-0.05, 0) is 18.2 Å². The van der Waals surface area contributed by atoms with Crippen LogP contribution < -0.4 is 14.8 Å². The summed E-state index contributed by atoms with van der Waals surface area (Å²) in [5, 5.41) is 3.01. The first-order valence-corrected chi connectivity index (χ1v) is 8.63. The van der Waals surface area contributed by atoms with Crippen molar-refractivity contribution in [1.82, 2.24) is 5.32 Å². The van der Waals surface area contributed by atoms with Crippen molar-refractivity contribution in [3.8, 4) is 11.5 Å². The lowest BCUT2D eigenvalue weighted by molar-refractivity contribution is -0.119. The first-order valence-electron chi connectivity index (χ1n) is 6.66. The molecule has 0 spiro atoms. The van der Waals surface area contributed by atoms with Crippen molar-refractivity contribution in [3.63, 3.8) is 0 Å². The van der Waals surface area contributed by atoms with Crippen LogP contribution in [0.1, 0.15) is 11.6 Å². The smallest absolute Gasteiger partial charge is 0.231 e. The minimum Gasteiger partial charge on any atom is -0.497 e. The van der Waals surface area contributed by atoms with E-state index in [9.17, 15) is 4.79 Å². The van der Waals surface area contributed by atoms with Crippen LogP contribution in [-0.4, -0.2) is 42.1 Å². The van der Waals surface area contributed by atoms with Gasteiger partial charge >= 0.3 is 0 Å². The van der Waals surface area contributed by atoms with Crippen molar-refractivity contribution in [3.05, 3.63) is 23.8 Å². The zero-order valence-corrected chi connectivity index (χ0v) is 13.3. The Hall–Kier alpha value is -1.34. The first-order chi connectivity index (χ1) is 10.3. The van der Waals surface area contributed by atoms with Crippen molar-refractivity contribution < 1.29 is 14.3 Å². The largest absolute Gasteiger partial charge is 0.497 e. The van der Waals surface area contributed by atoms with Crippen LogP contribution in [0.15, 0.2) is 23.2 Å². The second kappa shape index (κ2) is 6.62. The maximum atomic E-state index is 12.0. The van der Waals surface area contributed by atoms with Crippen molar-refractivity contribution in [2.24, 2.45) is 4.99 Å². The highest BCUT2D eigenvalue weighted by atomic mass is 32.2. The van der Waals surface area contributed by atoms with Crippen molar-refractivity contribution in [2.45, 2.75) is 6.04 Å². The number of rotatable bonds is 4. The lowest BCUT2D eigenvalue weighted by atomic mass is 10.1. The highest BCUT2D eigenvalue weighted by molar-refractivity contribution is 8.39. The lowest BCUT2D eigenvalue weighted by Crippen LogP contribution is -2.31. The number of hydrogen-bond acceptors (Lipinski definition) is 6. The van der Waals surface area contributed by atoms with Gasteiger partial charge in [0, 0.05) is 11.3 Å². The molecular weight excluding hydrogens is 308 g/mol. The summed E-state index contributed by atoms with van der Waals surface area (Å²) in [5.41, 5.74) is 0.972. The molecule has 1 aromatic rings. The van der Waals surface area contributed by atoms with Gasteiger partial charge < -0.3 is 14.8 Å². The molecule has 2 aliphatic heterocycles. The fraction of sp³-hybridized carbons (Fsp3) is 0.429. The summed E-state index contributed by atoms with van der Waals surface area (Å²) in [6, 6.07) is 5.53. The second-order valence-electron chi connectivity index (χ2n) is 4.62. The number of carbonyl (C=O) groups excluding carboxylic acids is 1. The molecule has 0 aliphatic carbocycles. The molecule has 7 heteroatoms. The zero-order valence-electron chi connectivity index (χ0n) is 11.6. The maximum absolute atomic E-state index is 12.0. The standard InChI is InChI=1S/C14H16N2O3S2/c1-18-9-2-3-12-10(6-9)11(7-19-12)16-13(17)8-21-14-15-4-5-20-14/h2-3,6,11H,4-5,7-8H2,1H3,(H,16,17)/t11-/m0/s1. The Morgan fingerprint density at radius 3 is 3.29 bits per heavy atom. The topological polar surface area (TPSA) is 59.9 Å². The molecule has 0 saturated carbocycles. The molecule has 1 N–H and O–H groups in total. The van der Waals surface area contributed by atoms with E-state index in [1.165, 1.54) is 11.8 Å². The molecule has 1 aromatic carbocycles. The van der Waals surface area contributed by atoms with Gasteiger partial charge in [-0.15, -0.1) is 0 Å². The quantitative estimate of drug-likeness (QED) is 0.919. The summed E-state index contributed by atoms with van der Waals surface area (Å²) in [5.74, 6) is 2.99. The Morgan fingerprint density at radius 1 is 1.62 bits per heavy atom. The van der Waals surface area contributed by atoms with Crippen molar-refractivity contribution >= 4 is 33.8 Å². The van der Waals surface area contributed by atoms with E-state index in [2.05, 4.69) is 10.3 Å². The molecule has 2 heterocycles. The van der Waals surface area contributed by atoms with Crippen LogP contribution in [0.2, 0.25) is 0 Å². The van der Waals surface area contributed by atoms with E-state index in [1.807, 2.05) is 18.2 Å². The van der Waals surface area contributed by atoms with Gasteiger partial charge in [0.2, 0.25) is 5.91 Å². The molecule has 0 aromatic heterocycles. The van der Waals surface area contributed by atoms with Crippen LogP contribution in [0.5, 0.6) is 11.5 Å². The predicted octanol–water partition coefficient (Wildman–Crippen LogP) is 2.08.